The Bertz CT molecular complexity index is 1230. The van der Waals surface area contributed by atoms with Crippen molar-refractivity contribution in [2.75, 3.05) is 12.4 Å². The van der Waals surface area contributed by atoms with Crippen molar-refractivity contribution in [3.8, 4) is 23.0 Å². The minimum Gasteiger partial charge on any atom is -0.372 e. The molecule has 0 bridgehead atoms. The first-order chi connectivity index (χ1) is 14.3. The molecule has 9 nitrogen and oxygen atoms in total. The number of hydrogen-bond acceptors (Lipinski definition) is 8. The third kappa shape index (κ3) is 3.10. The molecule has 0 atom stereocenters. The van der Waals surface area contributed by atoms with E-state index in [2.05, 4.69) is 52.3 Å². The minimum absolute atomic E-state index is 0.191. The average Bonchev–Trinajstić information content (AvgIpc) is 3.36. The van der Waals surface area contributed by atoms with Crippen LogP contribution in [-0.2, 0) is 5.54 Å². The standard InChI is InChI=1S/C21H24N8O/c1-11-17-13(20-26-18(28-30-20)15-9-24-16(22-5)10-23-15)8-14(12-6-7-12)25-19(17)29(27-11)21(2,3)4/h8-10,12H,6-7H2,1-5H3,(H,22,24). The van der Waals surface area contributed by atoms with Gasteiger partial charge in [0.25, 0.3) is 5.89 Å². The summed E-state index contributed by atoms with van der Waals surface area (Å²) in [6.45, 7) is 8.37. The lowest BCUT2D eigenvalue weighted by atomic mass is 10.1. The van der Waals surface area contributed by atoms with E-state index in [9.17, 15) is 0 Å². The van der Waals surface area contributed by atoms with Gasteiger partial charge in [0, 0.05) is 18.7 Å². The third-order valence-corrected chi connectivity index (χ3v) is 5.26. The Morgan fingerprint density at radius 1 is 1.13 bits per heavy atom. The van der Waals surface area contributed by atoms with Gasteiger partial charge in [0.05, 0.1) is 34.6 Å². The number of rotatable bonds is 4. The lowest BCUT2D eigenvalue weighted by Crippen LogP contribution is -2.23. The van der Waals surface area contributed by atoms with Gasteiger partial charge in [-0.15, -0.1) is 0 Å². The van der Waals surface area contributed by atoms with Gasteiger partial charge in [-0.3, -0.25) is 0 Å². The number of pyridine rings is 1. The highest BCUT2D eigenvalue weighted by Gasteiger charge is 2.30. The number of nitrogens with zero attached hydrogens (tertiary/aromatic N) is 7. The van der Waals surface area contributed by atoms with Crippen molar-refractivity contribution in [2.45, 2.75) is 52.0 Å². The van der Waals surface area contributed by atoms with Crippen LogP contribution in [0.2, 0.25) is 0 Å². The summed E-state index contributed by atoms with van der Waals surface area (Å²) < 4.78 is 7.66. The van der Waals surface area contributed by atoms with Crippen molar-refractivity contribution >= 4 is 16.9 Å². The van der Waals surface area contributed by atoms with E-state index >= 15 is 0 Å². The molecule has 1 saturated carbocycles. The van der Waals surface area contributed by atoms with Crippen molar-refractivity contribution in [3.63, 3.8) is 0 Å². The molecule has 0 spiro atoms. The fourth-order valence-corrected chi connectivity index (χ4v) is 3.54. The first kappa shape index (κ1) is 18.7. The van der Waals surface area contributed by atoms with Crippen molar-refractivity contribution in [1.29, 1.82) is 0 Å². The third-order valence-electron chi connectivity index (χ3n) is 5.26. The maximum Gasteiger partial charge on any atom is 0.259 e. The van der Waals surface area contributed by atoms with Gasteiger partial charge in [-0.25, -0.2) is 19.6 Å². The summed E-state index contributed by atoms with van der Waals surface area (Å²) in [4.78, 5) is 18.2. The summed E-state index contributed by atoms with van der Waals surface area (Å²) in [6.07, 6.45) is 5.58. The van der Waals surface area contributed by atoms with Gasteiger partial charge in [-0.05, 0) is 46.6 Å². The molecule has 1 aliphatic carbocycles. The lowest BCUT2D eigenvalue weighted by Gasteiger charge is -2.20. The quantitative estimate of drug-likeness (QED) is 0.545. The number of aryl methyl sites for hydroxylation is 1. The molecule has 4 heterocycles. The Hall–Kier alpha value is -3.36. The van der Waals surface area contributed by atoms with E-state index in [1.54, 1.807) is 19.4 Å². The molecular formula is C21H24N8O. The zero-order chi connectivity index (χ0) is 21.0. The normalized spacial score (nSPS) is 14.4. The molecule has 0 unspecified atom stereocenters. The predicted octanol–water partition coefficient (Wildman–Crippen LogP) is 3.92. The molecule has 0 aliphatic heterocycles. The maximum absolute atomic E-state index is 5.67. The van der Waals surface area contributed by atoms with Crippen LogP contribution >= 0.6 is 0 Å². The van der Waals surface area contributed by atoms with E-state index in [4.69, 9.17) is 14.6 Å². The fraction of sp³-hybridized carbons (Fsp3) is 0.429. The summed E-state index contributed by atoms with van der Waals surface area (Å²) in [5.74, 6) is 2.01. The number of fused-ring (bicyclic) bond motifs is 1. The number of aromatic nitrogens is 7. The van der Waals surface area contributed by atoms with Crippen LogP contribution in [0.25, 0.3) is 34.0 Å². The second-order valence-electron chi connectivity index (χ2n) is 8.70. The highest BCUT2D eigenvalue weighted by atomic mass is 16.5. The van der Waals surface area contributed by atoms with E-state index in [1.165, 1.54) is 0 Å². The Labute approximate surface area is 174 Å². The van der Waals surface area contributed by atoms with Crippen molar-refractivity contribution in [2.24, 2.45) is 0 Å². The second kappa shape index (κ2) is 6.58. The van der Waals surface area contributed by atoms with Crippen molar-refractivity contribution in [1.82, 2.24) is 34.9 Å². The zero-order valence-electron chi connectivity index (χ0n) is 17.8. The van der Waals surface area contributed by atoms with Crippen LogP contribution in [0.15, 0.2) is 23.0 Å². The average molecular weight is 404 g/mol. The summed E-state index contributed by atoms with van der Waals surface area (Å²) in [5, 5.41) is 12.8. The van der Waals surface area contributed by atoms with Gasteiger partial charge >= 0.3 is 0 Å². The summed E-state index contributed by atoms with van der Waals surface area (Å²) >= 11 is 0. The van der Waals surface area contributed by atoms with Gasteiger partial charge in [0.15, 0.2) is 5.65 Å². The van der Waals surface area contributed by atoms with E-state index < -0.39 is 0 Å². The molecule has 5 rings (SSSR count). The van der Waals surface area contributed by atoms with Crippen LogP contribution in [-0.4, -0.2) is 41.9 Å². The van der Waals surface area contributed by atoms with Crippen LogP contribution in [0.3, 0.4) is 0 Å². The molecule has 0 aromatic carbocycles. The molecule has 1 fully saturated rings. The van der Waals surface area contributed by atoms with Crippen molar-refractivity contribution < 1.29 is 4.52 Å². The molecule has 0 radical (unpaired) electrons. The molecule has 0 amide bonds. The van der Waals surface area contributed by atoms with Gasteiger partial charge in [-0.2, -0.15) is 10.1 Å². The smallest absolute Gasteiger partial charge is 0.259 e. The summed E-state index contributed by atoms with van der Waals surface area (Å²) in [5.41, 5.74) is 4.04. The Morgan fingerprint density at radius 3 is 2.57 bits per heavy atom. The van der Waals surface area contributed by atoms with E-state index in [0.717, 1.165) is 40.8 Å². The minimum atomic E-state index is -0.191. The molecule has 1 N–H and O–H groups in total. The van der Waals surface area contributed by atoms with Crippen LogP contribution in [0.5, 0.6) is 0 Å². The van der Waals surface area contributed by atoms with E-state index in [0.29, 0.717) is 29.1 Å². The maximum atomic E-state index is 5.67. The largest absolute Gasteiger partial charge is 0.372 e. The first-order valence-corrected chi connectivity index (χ1v) is 10.1. The van der Waals surface area contributed by atoms with Crippen LogP contribution in [0.1, 0.15) is 50.9 Å². The molecule has 154 valence electrons. The van der Waals surface area contributed by atoms with Gasteiger partial charge in [0.2, 0.25) is 5.82 Å². The van der Waals surface area contributed by atoms with Crippen LogP contribution in [0.4, 0.5) is 5.82 Å². The summed E-state index contributed by atoms with van der Waals surface area (Å²) in [6, 6.07) is 2.08. The van der Waals surface area contributed by atoms with E-state index in [1.807, 2.05) is 11.6 Å². The van der Waals surface area contributed by atoms with Crippen LogP contribution in [0, 0.1) is 6.92 Å². The van der Waals surface area contributed by atoms with Gasteiger partial charge in [-0.1, -0.05) is 5.16 Å². The molecule has 1 aliphatic rings. The number of nitrogens with one attached hydrogen (secondary N) is 1. The highest BCUT2D eigenvalue weighted by Crippen LogP contribution is 2.42. The molecule has 0 saturated heterocycles. The monoisotopic (exact) mass is 404 g/mol. The topological polar surface area (TPSA) is 107 Å². The fourth-order valence-electron chi connectivity index (χ4n) is 3.54. The molecule has 4 aromatic heterocycles. The Morgan fingerprint density at radius 2 is 1.93 bits per heavy atom. The first-order valence-electron chi connectivity index (χ1n) is 10.1. The molecular weight excluding hydrogens is 380 g/mol. The lowest BCUT2D eigenvalue weighted by molar-refractivity contribution is 0.364. The highest BCUT2D eigenvalue weighted by molar-refractivity contribution is 5.93. The van der Waals surface area contributed by atoms with E-state index in [-0.39, 0.29) is 5.54 Å². The Kier molecular flexibility index (Phi) is 4.09. The SMILES string of the molecule is CNc1cnc(-c2noc(-c3cc(C4CC4)nc4c3c(C)nn4C(C)(C)C)n2)cn1. The predicted molar refractivity (Wildman–Crippen MR) is 113 cm³/mol. The van der Waals surface area contributed by atoms with Gasteiger partial charge in [0.1, 0.15) is 11.5 Å². The Balaban J connectivity index is 1.67. The molecule has 30 heavy (non-hydrogen) atoms. The zero-order valence-corrected chi connectivity index (χ0v) is 17.8. The van der Waals surface area contributed by atoms with Crippen LogP contribution < -0.4 is 5.32 Å². The molecule has 4 aromatic rings. The number of hydrogen-bond donors (Lipinski definition) is 1. The van der Waals surface area contributed by atoms with Gasteiger partial charge < -0.3 is 9.84 Å². The molecule has 9 heteroatoms. The van der Waals surface area contributed by atoms with Crippen molar-refractivity contribution in [3.05, 3.63) is 29.8 Å². The summed E-state index contributed by atoms with van der Waals surface area (Å²) in [7, 11) is 1.79. The second-order valence-corrected chi connectivity index (χ2v) is 8.70. The number of anilines is 1.